The van der Waals surface area contributed by atoms with E-state index in [-0.39, 0.29) is 18.5 Å². The van der Waals surface area contributed by atoms with E-state index in [1.807, 2.05) is 5.32 Å². The summed E-state index contributed by atoms with van der Waals surface area (Å²) in [6.07, 6.45) is -0.652. The molecular formula is C12H13FN2O4. The summed E-state index contributed by atoms with van der Waals surface area (Å²) in [4.78, 5) is 34.2. The maximum atomic E-state index is 13.0. The number of carbonyl (C=O) groups is 3. The molecule has 1 aromatic rings. The van der Waals surface area contributed by atoms with Gasteiger partial charge in [0.25, 0.3) is 0 Å². The van der Waals surface area contributed by atoms with E-state index in [4.69, 9.17) is 5.11 Å². The van der Waals surface area contributed by atoms with Crippen LogP contribution in [0, 0.1) is 5.82 Å². The van der Waals surface area contributed by atoms with Crippen LogP contribution in [0.3, 0.4) is 0 Å². The molecule has 0 fully saturated rings. The summed E-state index contributed by atoms with van der Waals surface area (Å²) in [5.74, 6) is -2.33. The Morgan fingerprint density at radius 3 is 2.58 bits per heavy atom. The van der Waals surface area contributed by atoms with E-state index in [1.54, 1.807) is 0 Å². The Labute approximate surface area is 108 Å². The molecule has 0 bridgehead atoms. The van der Waals surface area contributed by atoms with Gasteiger partial charge in [-0.3, -0.25) is 19.8 Å². The van der Waals surface area contributed by atoms with Gasteiger partial charge in [0.15, 0.2) is 0 Å². The van der Waals surface area contributed by atoms with Gasteiger partial charge < -0.3 is 5.11 Å². The third kappa shape index (κ3) is 4.74. The number of benzene rings is 1. The molecule has 0 radical (unpaired) electrons. The number of hydrogen-bond acceptors (Lipinski definition) is 3. The van der Waals surface area contributed by atoms with E-state index < -0.39 is 23.7 Å². The largest absolute Gasteiger partial charge is 0.481 e. The van der Waals surface area contributed by atoms with Crippen molar-refractivity contribution >= 4 is 23.6 Å². The minimum atomic E-state index is -1.12. The Morgan fingerprint density at radius 1 is 1.32 bits per heavy atom. The van der Waals surface area contributed by atoms with Gasteiger partial charge in [-0.1, -0.05) is 6.07 Å². The van der Waals surface area contributed by atoms with E-state index in [0.717, 1.165) is 11.0 Å². The highest BCUT2D eigenvalue weighted by Gasteiger charge is 2.15. The number of imide groups is 1. The average Bonchev–Trinajstić information content (AvgIpc) is 2.35. The molecule has 7 heteroatoms. The number of nitrogens with one attached hydrogen (secondary N) is 1. The van der Waals surface area contributed by atoms with E-state index in [9.17, 15) is 18.8 Å². The molecule has 0 unspecified atom stereocenters. The molecule has 1 aromatic carbocycles. The molecule has 102 valence electrons. The summed E-state index contributed by atoms with van der Waals surface area (Å²) in [7, 11) is 1.37. The number of carboxylic acid groups (broad SMARTS) is 1. The topological polar surface area (TPSA) is 86.7 Å². The number of carboxylic acids is 1. The second-order valence-corrected chi connectivity index (χ2v) is 3.79. The van der Waals surface area contributed by atoms with Crippen LogP contribution in [0.15, 0.2) is 24.3 Å². The molecule has 2 N–H and O–H groups in total. The van der Waals surface area contributed by atoms with Gasteiger partial charge in [0.05, 0.1) is 6.42 Å². The van der Waals surface area contributed by atoms with Crippen molar-refractivity contribution in [2.24, 2.45) is 0 Å². The Morgan fingerprint density at radius 2 is 2.00 bits per heavy atom. The molecule has 0 aromatic heterocycles. The first-order valence-corrected chi connectivity index (χ1v) is 5.45. The maximum Gasteiger partial charge on any atom is 0.328 e. The summed E-state index contributed by atoms with van der Waals surface area (Å²) in [5, 5.41) is 10.4. The third-order valence-corrected chi connectivity index (χ3v) is 2.31. The molecule has 0 aliphatic carbocycles. The Kier molecular flexibility index (Phi) is 4.99. The van der Waals surface area contributed by atoms with Crippen LogP contribution in [0.2, 0.25) is 0 Å². The van der Waals surface area contributed by atoms with Crippen molar-refractivity contribution < 1.29 is 23.9 Å². The van der Waals surface area contributed by atoms with Crippen molar-refractivity contribution in [2.75, 3.05) is 11.9 Å². The predicted octanol–water partition coefficient (Wildman–Crippen LogP) is 1.36. The number of hydrogen-bond donors (Lipinski definition) is 2. The van der Waals surface area contributed by atoms with Gasteiger partial charge in [0, 0.05) is 19.2 Å². The monoisotopic (exact) mass is 268 g/mol. The summed E-state index contributed by atoms with van der Waals surface area (Å²) in [6, 6.07) is 4.56. The van der Waals surface area contributed by atoms with Crippen molar-refractivity contribution in [2.45, 2.75) is 12.8 Å². The SMILES string of the molecule is CN(C(=O)NC(=O)CCC(=O)O)c1cccc(F)c1. The zero-order valence-corrected chi connectivity index (χ0v) is 10.2. The van der Waals surface area contributed by atoms with Gasteiger partial charge in [-0.05, 0) is 18.2 Å². The average molecular weight is 268 g/mol. The van der Waals surface area contributed by atoms with E-state index in [0.29, 0.717) is 0 Å². The normalized spacial score (nSPS) is 9.79. The third-order valence-electron chi connectivity index (χ3n) is 2.31. The highest BCUT2D eigenvalue weighted by molar-refractivity contribution is 6.02. The zero-order valence-electron chi connectivity index (χ0n) is 10.2. The van der Waals surface area contributed by atoms with Crippen molar-refractivity contribution in [3.8, 4) is 0 Å². The molecule has 19 heavy (non-hydrogen) atoms. The lowest BCUT2D eigenvalue weighted by Gasteiger charge is -2.17. The van der Waals surface area contributed by atoms with Gasteiger partial charge in [0.2, 0.25) is 5.91 Å². The van der Waals surface area contributed by atoms with Crippen molar-refractivity contribution in [1.82, 2.24) is 5.32 Å². The van der Waals surface area contributed by atoms with Crippen molar-refractivity contribution in [1.29, 1.82) is 0 Å². The molecule has 0 atom stereocenters. The standard InChI is InChI=1S/C12H13FN2O4/c1-15(9-4-2-3-8(13)7-9)12(19)14-10(16)5-6-11(17)18/h2-4,7H,5-6H2,1H3,(H,17,18)(H,14,16,19). The van der Waals surface area contributed by atoms with Crippen molar-refractivity contribution in [3.05, 3.63) is 30.1 Å². The molecule has 0 heterocycles. The van der Waals surface area contributed by atoms with Gasteiger partial charge in [0.1, 0.15) is 5.82 Å². The summed E-state index contributed by atoms with van der Waals surface area (Å²) in [5.41, 5.74) is 0.281. The summed E-state index contributed by atoms with van der Waals surface area (Å²) < 4.78 is 13.0. The molecule has 0 aliphatic heterocycles. The maximum absolute atomic E-state index is 13.0. The highest BCUT2D eigenvalue weighted by atomic mass is 19.1. The van der Waals surface area contributed by atoms with Crippen LogP contribution in [0.1, 0.15) is 12.8 Å². The smallest absolute Gasteiger partial charge is 0.328 e. The van der Waals surface area contributed by atoms with E-state index >= 15 is 0 Å². The molecule has 0 saturated heterocycles. The first-order valence-electron chi connectivity index (χ1n) is 5.45. The van der Waals surface area contributed by atoms with Gasteiger partial charge in [-0.25, -0.2) is 9.18 Å². The summed E-state index contributed by atoms with van der Waals surface area (Å²) >= 11 is 0. The Balaban J connectivity index is 2.58. The molecule has 1 rings (SSSR count). The molecule has 0 aliphatic rings. The van der Waals surface area contributed by atoms with E-state index in [2.05, 4.69) is 0 Å². The Bertz CT molecular complexity index is 504. The zero-order chi connectivity index (χ0) is 14.4. The lowest BCUT2D eigenvalue weighted by atomic mass is 10.3. The molecule has 0 spiro atoms. The fourth-order valence-corrected chi connectivity index (χ4v) is 1.29. The van der Waals surface area contributed by atoms with Crippen molar-refractivity contribution in [3.63, 3.8) is 0 Å². The second kappa shape index (κ2) is 6.48. The van der Waals surface area contributed by atoms with Gasteiger partial charge in [-0.15, -0.1) is 0 Å². The van der Waals surface area contributed by atoms with Crippen LogP contribution in [-0.2, 0) is 9.59 Å². The van der Waals surface area contributed by atoms with Crippen LogP contribution in [0.4, 0.5) is 14.9 Å². The van der Waals surface area contributed by atoms with Crippen LogP contribution in [0.5, 0.6) is 0 Å². The molecular weight excluding hydrogens is 255 g/mol. The van der Waals surface area contributed by atoms with Crippen LogP contribution >= 0.6 is 0 Å². The fourth-order valence-electron chi connectivity index (χ4n) is 1.29. The van der Waals surface area contributed by atoms with Crippen LogP contribution in [0.25, 0.3) is 0 Å². The number of urea groups is 1. The number of aliphatic carboxylic acids is 1. The van der Waals surface area contributed by atoms with Gasteiger partial charge in [-0.2, -0.15) is 0 Å². The van der Waals surface area contributed by atoms with Crippen LogP contribution in [-0.4, -0.2) is 30.1 Å². The Hall–Kier alpha value is -2.44. The minimum Gasteiger partial charge on any atom is -0.481 e. The first kappa shape index (κ1) is 14.6. The lowest BCUT2D eigenvalue weighted by molar-refractivity contribution is -0.138. The minimum absolute atomic E-state index is 0.281. The number of nitrogens with zero attached hydrogens (tertiary/aromatic N) is 1. The molecule has 0 saturated carbocycles. The molecule has 6 nitrogen and oxygen atoms in total. The first-order chi connectivity index (χ1) is 8.90. The molecule has 3 amide bonds. The number of rotatable bonds is 4. The number of carbonyl (C=O) groups excluding carboxylic acids is 2. The van der Waals surface area contributed by atoms with E-state index in [1.165, 1.54) is 25.2 Å². The highest BCUT2D eigenvalue weighted by Crippen LogP contribution is 2.13. The lowest BCUT2D eigenvalue weighted by Crippen LogP contribution is -2.40. The quantitative estimate of drug-likeness (QED) is 0.863. The van der Waals surface area contributed by atoms with Crippen LogP contribution < -0.4 is 10.2 Å². The number of anilines is 1. The fraction of sp³-hybridized carbons (Fsp3) is 0.250. The number of halogens is 1. The number of amides is 3. The second-order valence-electron chi connectivity index (χ2n) is 3.79. The van der Waals surface area contributed by atoms with Gasteiger partial charge >= 0.3 is 12.0 Å². The predicted molar refractivity (Wildman–Crippen MR) is 65.2 cm³/mol. The summed E-state index contributed by atoms with van der Waals surface area (Å²) in [6.45, 7) is 0.